The zero-order chi connectivity index (χ0) is 12.3. The van der Waals surface area contributed by atoms with E-state index < -0.39 is 0 Å². The van der Waals surface area contributed by atoms with Crippen LogP contribution in [-0.4, -0.2) is 62.7 Å². The molecule has 0 spiro atoms. The second-order valence-corrected chi connectivity index (χ2v) is 4.79. The smallest absolute Gasteiger partial charge is 0.0900 e. The number of nitrogens with zero attached hydrogens (tertiary/aromatic N) is 1. The van der Waals surface area contributed by atoms with E-state index in [9.17, 15) is 5.11 Å². The second kappa shape index (κ2) is 9.83. The average molecular weight is 245 g/mol. The minimum atomic E-state index is -0.369. The van der Waals surface area contributed by atoms with E-state index >= 15 is 0 Å². The van der Waals surface area contributed by atoms with Crippen molar-refractivity contribution in [2.45, 2.75) is 38.2 Å². The summed E-state index contributed by atoms with van der Waals surface area (Å²) in [5.74, 6) is 0. The number of ether oxygens (including phenoxy) is 2. The molecule has 1 aliphatic heterocycles. The van der Waals surface area contributed by atoms with Gasteiger partial charge in [-0.2, -0.15) is 0 Å². The Hall–Kier alpha value is -0.160. The summed E-state index contributed by atoms with van der Waals surface area (Å²) < 4.78 is 10.2. The number of aliphatic hydroxyl groups excluding tert-OH is 1. The molecule has 17 heavy (non-hydrogen) atoms. The van der Waals surface area contributed by atoms with E-state index in [1.807, 2.05) is 0 Å². The summed E-state index contributed by atoms with van der Waals surface area (Å²) >= 11 is 0. The molecule has 0 saturated carbocycles. The van der Waals surface area contributed by atoms with Gasteiger partial charge in [-0.05, 0) is 25.9 Å². The number of methoxy groups -OCH3 is 1. The highest BCUT2D eigenvalue weighted by atomic mass is 16.5. The minimum Gasteiger partial charge on any atom is -0.389 e. The first-order chi connectivity index (χ1) is 8.33. The van der Waals surface area contributed by atoms with Gasteiger partial charge < -0.3 is 19.5 Å². The molecule has 0 aromatic heterocycles. The van der Waals surface area contributed by atoms with E-state index in [2.05, 4.69) is 4.90 Å². The van der Waals surface area contributed by atoms with Gasteiger partial charge in [0.25, 0.3) is 0 Å². The Bertz CT molecular complexity index is 170. The van der Waals surface area contributed by atoms with Crippen molar-refractivity contribution >= 4 is 0 Å². The number of aliphatic hydroxyl groups is 1. The predicted molar refractivity (Wildman–Crippen MR) is 68.2 cm³/mol. The lowest BCUT2D eigenvalue weighted by atomic mass is 10.1. The fourth-order valence-corrected chi connectivity index (χ4v) is 2.21. The molecule has 1 N–H and O–H groups in total. The number of likely N-dealkylation sites (tertiary alicyclic amines) is 1. The monoisotopic (exact) mass is 245 g/mol. The summed E-state index contributed by atoms with van der Waals surface area (Å²) in [7, 11) is 1.65. The van der Waals surface area contributed by atoms with Crippen molar-refractivity contribution in [3.8, 4) is 0 Å². The highest BCUT2D eigenvalue weighted by molar-refractivity contribution is 4.67. The summed E-state index contributed by atoms with van der Waals surface area (Å²) in [6.45, 7) is 4.56. The van der Waals surface area contributed by atoms with Crippen LogP contribution in [0.3, 0.4) is 0 Å². The van der Waals surface area contributed by atoms with Crippen LogP contribution in [0.5, 0.6) is 0 Å². The maximum atomic E-state index is 9.86. The van der Waals surface area contributed by atoms with Gasteiger partial charge in [-0.15, -0.1) is 0 Å². The molecule has 0 aliphatic carbocycles. The lowest BCUT2D eigenvalue weighted by Crippen LogP contribution is -2.37. The molecule has 0 radical (unpaired) electrons. The van der Waals surface area contributed by atoms with Gasteiger partial charge in [0.15, 0.2) is 0 Å². The van der Waals surface area contributed by atoms with Crippen LogP contribution in [0.2, 0.25) is 0 Å². The van der Waals surface area contributed by atoms with Gasteiger partial charge in [-0.25, -0.2) is 0 Å². The van der Waals surface area contributed by atoms with Crippen LogP contribution in [0.4, 0.5) is 0 Å². The van der Waals surface area contributed by atoms with E-state index in [0.717, 1.165) is 19.6 Å². The average Bonchev–Trinajstić information content (AvgIpc) is 2.28. The normalized spacial score (nSPS) is 20.8. The third-order valence-electron chi connectivity index (χ3n) is 3.16. The van der Waals surface area contributed by atoms with Crippen LogP contribution in [0, 0.1) is 0 Å². The highest BCUT2D eigenvalue weighted by Gasteiger charge is 2.13. The SMILES string of the molecule is COCCOCC(O)CN1CCCCCCC1. The number of hydrogen-bond donors (Lipinski definition) is 1. The Morgan fingerprint density at radius 2 is 1.71 bits per heavy atom. The number of β-amino-alcohol motifs (C(OH)–C–C–N with tert-alkyl or cyclic N) is 1. The van der Waals surface area contributed by atoms with Gasteiger partial charge in [0, 0.05) is 13.7 Å². The van der Waals surface area contributed by atoms with Crippen LogP contribution in [0.1, 0.15) is 32.1 Å². The molecule has 0 amide bonds. The first kappa shape index (κ1) is 14.9. The third kappa shape index (κ3) is 7.71. The number of rotatable bonds is 7. The van der Waals surface area contributed by atoms with Gasteiger partial charge in [0.1, 0.15) is 0 Å². The summed E-state index contributed by atoms with van der Waals surface area (Å²) in [6.07, 6.45) is 6.19. The molecule has 0 aromatic carbocycles. The van der Waals surface area contributed by atoms with Gasteiger partial charge in [-0.1, -0.05) is 19.3 Å². The van der Waals surface area contributed by atoms with Gasteiger partial charge in [0.2, 0.25) is 0 Å². The molecule has 1 atom stereocenters. The molecule has 1 unspecified atom stereocenters. The Labute approximate surface area is 105 Å². The summed E-state index contributed by atoms with van der Waals surface area (Å²) in [6, 6.07) is 0. The first-order valence-corrected chi connectivity index (χ1v) is 6.80. The van der Waals surface area contributed by atoms with Crippen LogP contribution >= 0.6 is 0 Å². The standard InChI is InChI=1S/C13H27NO3/c1-16-9-10-17-12-13(15)11-14-7-5-3-2-4-6-8-14/h13,15H,2-12H2,1H3. The molecular formula is C13H27NO3. The summed E-state index contributed by atoms with van der Waals surface area (Å²) in [4.78, 5) is 2.36. The maximum absolute atomic E-state index is 9.86. The highest BCUT2D eigenvalue weighted by Crippen LogP contribution is 2.10. The van der Waals surface area contributed by atoms with E-state index in [1.165, 1.54) is 32.1 Å². The number of hydrogen-bond acceptors (Lipinski definition) is 4. The van der Waals surface area contributed by atoms with E-state index in [1.54, 1.807) is 7.11 Å². The fraction of sp³-hybridized carbons (Fsp3) is 1.00. The molecule has 1 aliphatic rings. The largest absolute Gasteiger partial charge is 0.389 e. The molecule has 1 fully saturated rings. The Balaban J connectivity index is 2.08. The third-order valence-corrected chi connectivity index (χ3v) is 3.16. The Kier molecular flexibility index (Phi) is 8.61. The van der Waals surface area contributed by atoms with Gasteiger partial charge in [0.05, 0.1) is 25.9 Å². The molecule has 4 nitrogen and oxygen atoms in total. The van der Waals surface area contributed by atoms with Crippen molar-refractivity contribution in [1.29, 1.82) is 0 Å². The first-order valence-electron chi connectivity index (χ1n) is 6.80. The zero-order valence-corrected chi connectivity index (χ0v) is 11.1. The van der Waals surface area contributed by atoms with Crippen molar-refractivity contribution in [2.75, 3.05) is 46.6 Å². The van der Waals surface area contributed by atoms with Crippen molar-refractivity contribution in [3.05, 3.63) is 0 Å². The van der Waals surface area contributed by atoms with Crippen LogP contribution in [0.15, 0.2) is 0 Å². The zero-order valence-electron chi connectivity index (χ0n) is 11.1. The van der Waals surface area contributed by atoms with Crippen LogP contribution in [-0.2, 0) is 9.47 Å². The van der Waals surface area contributed by atoms with Crippen LogP contribution < -0.4 is 0 Å². The second-order valence-electron chi connectivity index (χ2n) is 4.79. The maximum Gasteiger partial charge on any atom is 0.0900 e. The van der Waals surface area contributed by atoms with E-state index in [4.69, 9.17) is 9.47 Å². The summed E-state index contributed by atoms with van der Waals surface area (Å²) in [5.41, 5.74) is 0. The van der Waals surface area contributed by atoms with Crippen molar-refractivity contribution in [2.24, 2.45) is 0 Å². The van der Waals surface area contributed by atoms with E-state index in [-0.39, 0.29) is 6.10 Å². The predicted octanol–water partition coefficient (Wildman–Crippen LogP) is 1.28. The molecule has 1 heterocycles. The lowest BCUT2D eigenvalue weighted by molar-refractivity contribution is -0.00133. The minimum absolute atomic E-state index is 0.369. The van der Waals surface area contributed by atoms with Crippen molar-refractivity contribution in [1.82, 2.24) is 4.90 Å². The quantitative estimate of drug-likeness (QED) is 0.686. The Morgan fingerprint density at radius 3 is 2.35 bits per heavy atom. The topological polar surface area (TPSA) is 41.9 Å². The molecule has 102 valence electrons. The Morgan fingerprint density at radius 1 is 1.06 bits per heavy atom. The lowest BCUT2D eigenvalue weighted by Gasteiger charge is -2.26. The molecule has 1 rings (SSSR count). The van der Waals surface area contributed by atoms with Crippen molar-refractivity contribution in [3.63, 3.8) is 0 Å². The fourth-order valence-electron chi connectivity index (χ4n) is 2.21. The van der Waals surface area contributed by atoms with Gasteiger partial charge in [-0.3, -0.25) is 0 Å². The van der Waals surface area contributed by atoms with Gasteiger partial charge >= 0.3 is 0 Å². The molecular weight excluding hydrogens is 218 g/mol. The summed E-state index contributed by atoms with van der Waals surface area (Å²) in [5, 5.41) is 9.86. The van der Waals surface area contributed by atoms with Crippen molar-refractivity contribution < 1.29 is 14.6 Å². The van der Waals surface area contributed by atoms with Crippen LogP contribution in [0.25, 0.3) is 0 Å². The molecule has 4 heteroatoms. The molecule has 0 bridgehead atoms. The van der Waals surface area contributed by atoms with E-state index in [0.29, 0.717) is 19.8 Å². The molecule has 1 saturated heterocycles. The molecule has 0 aromatic rings.